The van der Waals surface area contributed by atoms with Crippen molar-refractivity contribution < 1.29 is 0 Å². The van der Waals surface area contributed by atoms with Gasteiger partial charge in [-0.2, -0.15) is 0 Å². The Hall–Kier alpha value is -2.44. The number of nitrogens with one attached hydrogen (secondary N) is 3. The lowest BCUT2D eigenvalue weighted by Gasteiger charge is -2.25. The summed E-state index contributed by atoms with van der Waals surface area (Å²) in [5, 5.41) is 8.34. The highest BCUT2D eigenvalue weighted by Crippen LogP contribution is 2.31. The highest BCUT2D eigenvalue weighted by Gasteiger charge is 2.17. The standard InChI is InChI=1S/C19H20ClN5O/c1-11-6-15-16(12-7-13(20)9-22-8-12)10-23-18(17(15)25-19(11)26)24-14-2-4-21-5-3-14/h6-10,14,21H,2-5H2,1H3,(H,23,24)(H,25,26). The number of aryl methyl sites for hydroxylation is 1. The Morgan fingerprint density at radius 1 is 1.19 bits per heavy atom. The van der Waals surface area contributed by atoms with Crippen LogP contribution in [0.5, 0.6) is 0 Å². The monoisotopic (exact) mass is 369 g/mol. The van der Waals surface area contributed by atoms with E-state index >= 15 is 0 Å². The van der Waals surface area contributed by atoms with Crippen LogP contribution in [0.3, 0.4) is 0 Å². The molecule has 3 N–H and O–H groups in total. The molecule has 0 radical (unpaired) electrons. The fourth-order valence-corrected chi connectivity index (χ4v) is 3.53. The average Bonchev–Trinajstić information content (AvgIpc) is 2.64. The molecule has 0 amide bonds. The van der Waals surface area contributed by atoms with Gasteiger partial charge in [0.1, 0.15) is 0 Å². The third kappa shape index (κ3) is 3.30. The number of fused-ring (bicyclic) bond motifs is 1. The highest BCUT2D eigenvalue weighted by atomic mass is 35.5. The normalized spacial score (nSPS) is 15.3. The quantitative estimate of drug-likeness (QED) is 0.660. The van der Waals surface area contributed by atoms with Gasteiger partial charge in [0, 0.05) is 46.7 Å². The third-order valence-corrected chi connectivity index (χ3v) is 4.98. The number of halogens is 1. The van der Waals surface area contributed by atoms with Gasteiger partial charge in [-0.1, -0.05) is 11.6 Å². The van der Waals surface area contributed by atoms with E-state index in [1.165, 1.54) is 0 Å². The van der Waals surface area contributed by atoms with Crippen LogP contribution < -0.4 is 16.2 Å². The summed E-state index contributed by atoms with van der Waals surface area (Å²) in [6.45, 7) is 3.77. The molecule has 3 aromatic rings. The number of anilines is 1. The van der Waals surface area contributed by atoms with E-state index in [9.17, 15) is 4.79 Å². The molecule has 1 fully saturated rings. The molecule has 0 saturated carbocycles. The van der Waals surface area contributed by atoms with Crippen LogP contribution in [-0.4, -0.2) is 34.1 Å². The van der Waals surface area contributed by atoms with Gasteiger partial charge < -0.3 is 15.6 Å². The van der Waals surface area contributed by atoms with Crippen LogP contribution in [0, 0.1) is 6.92 Å². The van der Waals surface area contributed by atoms with E-state index in [-0.39, 0.29) is 5.56 Å². The topological polar surface area (TPSA) is 82.7 Å². The Bertz CT molecular complexity index is 1010. The van der Waals surface area contributed by atoms with Gasteiger partial charge in [0.15, 0.2) is 5.82 Å². The summed E-state index contributed by atoms with van der Waals surface area (Å²) in [6.07, 6.45) is 7.22. The molecular weight excluding hydrogens is 350 g/mol. The number of piperidine rings is 1. The number of aromatic nitrogens is 3. The van der Waals surface area contributed by atoms with Gasteiger partial charge in [-0.25, -0.2) is 4.98 Å². The molecule has 3 aromatic heterocycles. The third-order valence-electron chi connectivity index (χ3n) is 4.77. The van der Waals surface area contributed by atoms with Gasteiger partial charge in [0.05, 0.1) is 10.5 Å². The van der Waals surface area contributed by atoms with Crippen LogP contribution in [0.15, 0.2) is 35.5 Å². The molecule has 6 nitrogen and oxygen atoms in total. The zero-order chi connectivity index (χ0) is 18.1. The molecular formula is C19H20ClN5O. The Morgan fingerprint density at radius 3 is 2.77 bits per heavy atom. The number of aromatic amines is 1. The largest absolute Gasteiger partial charge is 0.366 e. The first-order chi connectivity index (χ1) is 12.6. The minimum atomic E-state index is -0.103. The first kappa shape index (κ1) is 17.0. The predicted molar refractivity (Wildman–Crippen MR) is 105 cm³/mol. The Kier molecular flexibility index (Phi) is 4.61. The molecule has 7 heteroatoms. The van der Waals surface area contributed by atoms with E-state index in [2.05, 4.69) is 25.6 Å². The summed E-state index contributed by atoms with van der Waals surface area (Å²) in [7, 11) is 0. The minimum absolute atomic E-state index is 0.103. The van der Waals surface area contributed by atoms with Crippen molar-refractivity contribution in [1.82, 2.24) is 20.3 Å². The summed E-state index contributed by atoms with van der Waals surface area (Å²) in [5.41, 5.74) is 3.04. The van der Waals surface area contributed by atoms with Crippen LogP contribution in [-0.2, 0) is 0 Å². The maximum Gasteiger partial charge on any atom is 0.251 e. The van der Waals surface area contributed by atoms with E-state index in [0.29, 0.717) is 22.4 Å². The molecule has 134 valence electrons. The van der Waals surface area contributed by atoms with Crippen molar-refractivity contribution >= 4 is 28.3 Å². The van der Waals surface area contributed by atoms with Crippen LogP contribution in [0.4, 0.5) is 5.82 Å². The molecule has 4 rings (SSSR count). The maximum atomic E-state index is 12.2. The molecule has 0 aliphatic carbocycles. The smallest absolute Gasteiger partial charge is 0.251 e. The van der Waals surface area contributed by atoms with Gasteiger partial charge in [-0.15, -0.1) is 0 Å². The van der Waals surface area contributed by atoms with E-state index in [1.54, 1.807) is 19.3 Å². The predicted octanol–water partition coefficient (Wildman–Crippen LogP) is 3.11. The van der Waals surface area contributed by atoms with Crippen molar-refractivity contribution in [3.8, 4) is 11.1 Å². The molecule has 0 bridgehead atoms. The molecule has 1 aliphatic heterocycles. The molecule has 1 saturated heterocycles. The second-order valence-electron chi connectivity index (χ2n) is 6.65. The Labute approximate surface area is 156 Å². The van der Waals surface area contributed by atoms with E-state index in [0.717, 1.165) is 48.0 Å². The average molecular weight is 370 g/mol. The molecule has 1 aliphatic rings. The molecule has 4 heterocycles. The summed E-state index contributed by atoms with van der Waals surface area (Å²) in [5.74, 6) is 0.711. The second-order valence-corrected chi connectivity index (χ2v) is 7.09. The van der Waals surface area contributed by atoms with Crippen molar-refractivity contribution in [3.63, 3.8) is 0 Å². The summed E-state index contributed by atoms with van der Waals surface area (Å²) in [6, 6.07) is 4.10. The van der Waals surface area contributed by atoms with Gasteiger partial charge in [-0.3, -0.25) is 9.78 Å². The number of pyridine rings is 3. The van der Waals surface area contributed by atoms with Gasteiger partial charge in [0.25, 0.3) is 5.56 Å². The summed E-state index contributed by atoms with van der Waals surface area (Å²) in [4.78, 5) is 24.0. The fourth-order valence-electron chi connectivity index (χ4n) is 3.35. The van der Waals surface area contributed by atoms with Gasteiger partial charge in [-0.05, 0) is 45.0 Å². The highest BCUT2D eigenvalue weighted by molar-refractivity contribution is 6.30. The van der Waals surface area contributed by atoms with E-state index in [1.807, 2.05) is 18.3 Å². The molecule has 0 atom stereocenters. The van der Waals surface area contributed by atoms with Crippen molar-refractivity contribution in [1.29, 1.82) is 0 Å². The van der Waals surface area contributed by atoms with Crippen molar-refractivity contribution in [3.05, 3.63) is 51.7 Å². The van der Waals surface area contributed by atoms with Crippen LogP contribution >= 0.6 is 11.6 Å². The first-order valence-corrected chi connectivity index (χ1v) is 9.10. The zero-order valence-corrected chi connectivity index (χ0v) is 15.2. The lowest BCUT2D eigenvalue weighted by molar-refractivity contribution is 0.478. The number of rotatable bonds is 3. The minimum Gasteiger partial charge on any atom is -0.366 e. The second kappa shape index (κ2) is 7.05. The van der Waals surface area contributed by atoms with E-state index in [4.69, 9.17) is 11.6 Å². The van der Waals surface area contributed by atoms with Gasteiger partial charge in [0.2, 0.25) is 0 Å². The molecule has 0 spiro atoms. The lowest BCUT2D eigenvalue weighted by Crippen LogP contribution is -2.35. The number of H-pyrrole nitrogens is 1. The van der Waals surface area contributed by atoms with Crippen molar-refractivity contribution in [2.45, 2.75) is 25.8 Å². The lowest BCUT2D eigenvalue weighted by atomic mass is 10.0. The van der Waals surface area contributed by atoms with E-state index < -0.39 is 0 Å². The number of hydrogen-bond donors (Lipinski definition) is 3. The number of nitrogens with zero attached hydrogens (tertiary/aromatic N) is 2. The Morgan fingerprint density at radius 2 is 2.00 bits per heavy atom. The molecule has 26 heavy (non-hydrogen) atoms. The fraction of sp³-hybridized carbons (Fsp3) is 0.316. The SMILES string of the molecule is Cc1cc2c(-c3cncc(Cl)c3)cnc(NC3CCNCC3)c2[nH]c1=O. The molecule has 0 aromatic carbocycles. The first-order valence-electron chi connectivity index (χ1n) is 8.72. The van der Waals surface area contributed by atoms with Gasteiger partial charge >= 0.3 is 0 Å². The van der Waals surface area contributed by atoms with Crippen LogP contribution in [0.1, 0.15) is 18.4 Å². The zero-order valence-electron chi connectivity index (χ0n) is 14.5. The molecule has 0 unspecified atom stereocenters. The summed E-state index contributed by atoms with van der Waals surface area (Å²) < 4.78 is 0. The van der Waals surface area contributed by atoms with Crippen molar-refractivity contribution in [2.75, 3.05) is 18.4 Å². The maximum absolute atomic E-state index is 12.2. The Balaban J connectivity index is 1.86. The van der Waals surface area contributed by atoms with Crippen molar-refractivity contribution in [2.24, 2.45) is 0 Å². The number of hydrogen-bond acceptors (Lipinski definition) is 5. The van der Waals surface area contributed by atoms with Crippen LogP contribution in [0.25, 0.3) is 22.0 Å². The summed E-state index contributed by atoms with van der Waals surface area (Å²) >= 11 is 6.10. The van der Waals surface area contributed by atoms with Crippen LogP contribution in [0.2, 0.25) is 5.02 Å².